The summed E-state index contributed by atoms with van der Waals surface area (Å²) in [5.41, 5.74) is 0. The number of benzene rings is 1. The van der Waals surface area contributed by atoms with Crippen molar-refractivity contribution in [3.63, 3.8) is 0 Å². The maximum absolute atomic E-state index is 9.75. The van der Waals surface area contributed by atoms with Crippen LogP contribution in [-0.4, -0.2) is 12.4 Å². The number of halogens is 4. The minimum atomic E-state index is -6.00. The quantitative estimate of drug-likeness (QED) is 0.513. The third-order valence-corrected chi connectivity index (χ3v) is 1.01. The van der Waals surface area contributed by atoms with Crippen LogP contribution in [0, 0.1) is 0 Å². The molecule has 7 heteroatoms. The van der Waals surface area contributed by atoms with Gasteiger partial charge < -0.3 is 21.8 Å². The van der Waals surface area contributed by atoms with Crippen LogP contribution in [0.5, 0.6) is 0 Å². The van der Waals surface area contributed by atoms with Gasteiger partial charge in [0.05, 0.1) is 6.20 Å². The van der Waals surface area contributed by atoms with Crippen LogP contribution in [-0.2, 0) is 0 Å². The fraction of sp³-hybridized carbons (Fsp3) is 0. The standard InChI is InChI=1S/C6H6.C3H3NO.BF4/c1-2-4-6-5-3-1;1-2-4-5-3-1;2-1(3,4)5/h1-6H;1-3H;/q;;-1. The molecule has 0 N–H and O–H groups in total. The number of rotatable bonds is 0. The van der Waals surface area contributed by atoms with Crippen LogP contribution in [0.25, 0.3) is 0 Å². The summed E-state index contributed by atoms with van der Waals surface area (Å²) in [5.74, 6) is 0. The Labute approximate surface area is 90.0 Å². The summed E-state index contributed by atoms with van der Waals surface area (Å²) < 4.78 is 43.3. The Morgan fingerprint density at radius 2 is 1.12 bits per heavy atom. The lowest BCUT2D eigenvalue weighted by molar-refractivity contribution is 0.368. The molecule has 0 atom stereocenters. The van der Waals surface area contributed by atoms with Crippen molar-refractivity contribution < 1.29 is 21.8 Å². The second-order valence-corrected chi connectivity index (χ2v) is 2.34. The largest absolute Gasteiger partial charge is 0.673 e. The summed E-state index contributed by atoms with van der Waals surface area (Å²) in [6, 6.07) is 13.7. The van der Waals surface area contributed by atoms with Gasteiger partial charge in [-0.1, -0.05) is 41.6 Å². The lowest BCUT2D eigenvalue weighted by Crippen LogP contribution is -2.02. The summed E-state index contributed by atoms with van der Waals surface area (Å²) >= 11 is 0. The molecule has 2 rings (SSSR count). The van der Waals surface area contributed by atoms with Gasteiger partial charge in [0, 0.05) is 0 Å². The Morgan fingerprint density at radius 3 is 1.25 bits per heavy atom. The number of hydrogen-bond acceptors (Lipinski definition) is 2. The van der Waals surface area contributed by atoms with Gasteiger partial charge >= 0.3 is 7.25 Å². The molecule has 0 aliphatic carbocycles. The van der Waals surface area contributed by atoms with Crippen LogP contribution < -0.4 is 0 Å². The van der Waals surface area contributed by atoms with Gasteiger partial charge in [-0.05, 0) is 6.07 Å². The first-order chi connectivity index (χ1) is 7.50. The number of aromatic nitrogens is 1. The third-order valence-electron chi connectivity index (χ3n) is 1.01. The average molecular weight is 234 g/mol. The van der Waals surface area contributed by atoms with Crippen molar-refractivity contribution in [3.8, 4) is 0 Å². The normalized spacial score (nSPS) is 9.25. The van der Waals surface area contributed by atoms with Gasteiger partial charge in [-0.2, -0.15) is 0 Å². The molecule has 0 saturated heterocycles. The molecule has 0 aliphatic rings. The van der Waals surface area contributed by atoms with Crippen molar-refractivity contribution in [2.75, 3.05) is 0 Å². The summed E-state index contributed by atoms with van der Waals surface area (Å²) in [6.45, 7) is 0. The molecule has 0 spiro atoms. The first-order valence-electron chi connectivity index (χ1n) is 4.22. The smallest absolute Gasteiger partial charge is 0.418 e. The molecule has 0 amide bonds. The second-order valence-electron chi connectivity index (χ2n) is 2.34. The van der Waals surface area contributed by atoms with Gasteiger partial charge in [-0.15, -0.1) is 0 Å². The zero-order chi connectivity index (χ0) is 12.3. The third kappa shape index (κ3) is 18.1. The summed E-state index contributed by atoms with van der Waals surface area (Å²) in [7, 11) is -6.00. The van der Waals surface area contributed by atoms with Crippen molar-refractivity contribution in [2.24, 2.45) is 0 Å². The van der Waals surface area contributed by atoms with Crippen LogP contribution in [0.4, 0.5) is 17.3 Å². The molecule has 0 aliphatic heterocycles. The molecular weight excluding hydrogens is 225 g/mol. The molecule has 0 radical (unpaired) electrons. The Morgan fingerprint density at radius 1 is 0.750 bits per heavy atom. The Balaban J connectivity index is 0.000000213. The molecular formula is C9H9BF4NO-. The van der Waals surface area contributed by atoms with Crippen molar-refractivity contribution in [1.29, 1.82) is 0 Å². The highest BCUT2D eigenvalue weighted by molar-refractivity contribution is 6.50. The van der Waals surface area contributed by atoms with Gasteiger partial charge in [-0.3, -0.25) is 0 Å². The highest BCUT2D eigenvalue weighted by atomic mass is 19.5. The number of nitrogens with zero attached hydrogens (tertiary/aromatic N) is 1. The van der Waals surface area contributed by atoms with E-state index in [4.69, 9.17) is 0 Å². The second kappa shape index (κ2) is 8.52. The molecule has 2 nitrogen and oxygen atoms in total. The van der Waals surface area contributed by atoms with E-state index in [2.05, 4.69) is 9.68 Å². The van der Waals surface area contributed by atoms with Crippen LogP contribution in [0.2, 0.25) is 0 Å². The zero-order valence-corrected chi connectivity index (χ0v) is 8.14. The van der Waals surface area contributed by atoms with E-state index >= 15 is 0 Å². The van der Waals surface area contributed by atoms with Gasteiger partial charge in [0.1, 0.15) is 6.26 Å². The minimum absolute atomic E-state index is 1.51. The van der Waals surface area contributed by atoms with E-state index < -0.39 is 7.25 Å². The van der Waals surface area contributed by atoms with E-state index in [1.807, 2.05) is 36.4 Å². The lowest BCUT2D eigenvalue weighted by atomic mass is 10.3. The molecule has 0 bridgehead atoms. The fourth-order valence-electron chi connectivity index (χ4n) is 0.561. The summed E-state index contributed by atoms with van der Waals surface area (Å²) in [5, 5.41) is 3.35. The monoisotopic (exact) mass is 234 g/mol. The molecule has 1 heterocycles. The van der Waals surface area contributed by atoms with E-state index in [0.717, 1.165) is 0 Å². The van der Waals surface area contributed by atoms with Crippen molar-refractivity contribution in [2.45, 2.75) is 0 Å². The molecule has 0 unspecified atom stereocenters. The van der Waals surface area contributed by atoms with Crippen LogP contribution in [0.15, 0.2) is 59.4 Å². The molecule has 2 aromatic rings. The molecule has 1 aromatic heterocycles. The Kier molecular flexibility index (Phi) is 7.57. The summed E-state index contributed by atoms with van der Waals surface area (Å²) in [4.78, 5) is 0. The van der Waals surface area contributed by atoms with Crippen LogP contribution in [0.1, 0.15) is 0 Å². The first kappa shape index (κ1) is 14.2. The Bertz CT molecular complexity index is 275. The SMILES string of the molecule is F[B-](F)(F)F.c1ccccc1.c1cnoc1. The maximum atomic E-state index is 9.75. The maximum Gasteiger partial charge on any atom is 0.673 e. The van der Waals surface area contributed by atoms with E-state index in [9.17, 15) is 17.3 Å². The van der Waals surface area contributed by atoms with E-state index in [-0.39, 0.29) is 0 Å². The topological polar surface area (TPSA) is 26.0 Å². The number of hydrogen-bond donors (Lipinski definition) is 0. The summed E-state index contributed by atoms with van der Waals surface area (Å²) in [6.07, 6.45) is 3.10. The van der Waals surface area contributed by atoms with Crippen molar-refractivity contribution >= 4 is 7.25 Å². The Hall–Kier alpha value is -1.79. The van der Waals surface area contributed by atoms with Gasteiger partial charge in [0.15, 0.2) is 0 Å². The predicted molar refractivity (Wildman–Crippen MR) is 53.1 cm³/mol. The minimum Gasteiger partial charge on any atom is -0.418 e. The average Bonchev–Trinajstić information content (AvgIpc) is 2.75. The van der Waals surface area contributed by atoms with Crippen LogP contribution in [0.3, 0.4) is 0 Å². The molecule has 0 saturated carbocycles. The van der Waals surface area contributed by atoms with Gasteiger partial charge in [0.25, 0.3) is 0 Å². The molecule has 16 heavy (non-hydrogen) atoms. The van der Waals surface area contributed by atoms with E-state index in [0.29, 0.717) is 0 Å². The van der Waals surface area contributed by atoms with Crippen LogP contribution >= 0.6 is 0 Å². The molecule has 1 aromatic carbocycles. The van der Waals surface area contributed by atoms with E-state index in [1.54, 1.807) is 12.3 Å². The first-order valence-corrected chi connectivity index (χ1v) is 4.22. The van der Waals surface area contributed by atoms with E-state index in [1.165, 1.54) is 6.26 Å². The van der Waals surface area contributed by atoms with Crippen molar-refractivity contribution in [3.05, 3.63) is 54.9 Å². The van der Waals surface area contributed by atoms with Gasteiger partial charge in [0.2, 0.25) is 0 Å². The predicted octanol–water partition coefficient (Wildman–Crippen LogP) is 3.66. The lowest BCUT2D eigenvalue weighted by Gasteiger charge is -1.94. The van der Waals surface area contributed by atoms with Crippen molar-refractivity contribution in [1.82, 2.24) is 5.16 Å². The molecule has 88 valence electrons. The molecule has 0 fully saturated rings. The zero-order valence-electron chi connectivity index (χ0n) is 8.14. The van der Waals surface area contributed by atoms with Gasteiger partial charge in [-0.25, -0.2) is 0 Å². The highest BCUT2D eigenvalue weighted by Gasteiger charge is 2.20. The highest BCUT2D eigenvalue weighted by Crippen LogP contribution is 2.06. The fourth-order valence-corrected chi connectivity index (χ4v) is 0.561.